The van der Waals surface area contributed by atoms with Gasteiger partial charge in [0.15, 0.2) is 0 Å². The van der Waals surface area contributed by atoms with E-state index in [9.17, 15) is 77.8 Å². The second kappa shape index (κ2) is 18.7. The maximum absolute atomic E-state index is 11.2. The van der Waals surface area contributed by atoms with E-state index in [-0.39, 0.29) is 97.8 Å². The van der Waals surface area contributed by atoms with Crippen LogP contribution in [0.1, 0.15) is 0 Å². The predicted molar refractivity (Wildman–Crippen MR) is 180 cm³/mol. The molecule has 0 spiro atoms. The van der Waals surface area contributed by atoms with E-state index >= 15 is 0 Å². The molecule has 290 valence electrons. The molecule has 0 aliphatic rings. The van der Waals surface area contributed by atoms with Crippen molar-refractivity contribution in [1.82, 2.24) is 0 Å². The molecule has 0 fully saturated rings. The van der Waals surface area contributed by atoms with Crippen molar-refractivity contribution < 1.29 is 160 Å². The first kappa shape index (κ1) is 50.4. The summed E-state index contributed by atoms with van der Waals surface area (Å²) in [7, 11) is -30.3. The maximum atomic E-state index is 11.2. The van der Waals surface area contributed by atoms with Crippen molar-refractivity contribution in [2.45, 2.75) is 29.4 Å². The summed E-state index contributed by atoms with van der Waals surface area (Å²) in [6.07, 6.45) is 0. The van der Waals surface area contributed by atoms with E-state index < -0.39 is 90.1 Å². The summed E-state index contributed by atoms with van der Waals surface area (Å²) in [5.41, 5.74) is 0. The Morgan fingerprint density at radius 1 is 0.268 bits per heavy atom. The Kier molecular flexibility index (Phi) is 16.8. The summed E-state index contributed by atoms with van der Waals surface area (Å²) in [5.74, 6) is 0. The molecule has 0 aromatic heterocycles. The number of rotatable bonds is 6. The standard InChI is InChI=1S/3C10H8O6S2.2Nd/c3*11-17(12,13)9-6-5-7-3-1-2-4-8(7)10(9)18(14,15)16;;/h3*1-6H,(H,11,12,13)(H,14,15,16);;/q;;;2*+3/p-6. The minimum atomic E-state index is -5.07. The molecule has 0 aliphatic carbocycles. The monoisotopic (exact) mass is 1140 g/mol. The molecule has 0 saturated heterocycles. The van der Waals surface area contributed by atoms with Crippen LogP contribution in [0.4, 0.5) is 0 Å². The molecule has 0 unspecified atom stereocenters. The molecule has 0 amide bonds. The zero-order valence-corrected chi connectivity index (χ0v) is 38.5. The van der Waals surface area contributed by atoms with Gasteiger partial charge in [0.1, 0.15) is 60.7 Å². The first-order valence-electron chi connectivity index (χ1n) is 13.9. The summed E-state index contributed by atoms with van der Waals surface area (Å²) in [6.45, 7) is 0. The fraction of sp³-hybridized carbons (Fsp3) is 0. The van der Waals surface area contributed by atoms with E-state index in [0.717, 1.165) is 18.2 Å². The van der Waals surface area contributed by atoms with Gasteiger partial charge >= 0.3 is 81.7 Å². The summed E-state index contributed by atoms with van der Waals surface area (Å²) >= 11 is 0. The van der Waals surface area contributed by atoms with Crippen molar-refractivity contribution in [3.05, 3.63) is 109 Å². The van der Waals surface area contributed by atoms with Gasteiger partial charge in [-0.1, -0.05) is 91.0 Å². The van der Waals surface area contributed by atoms with Gasteiger partial charge < -0.3 is 27.3 Å². The predicted octanol–water partition coefficient (Wildman–Crippen LogP) is 1.94. The van der Waals surface area contributed by atoms with Gasteiger partial charge in [-0.05, 0) is 34.4 Å². The van der Waals surface area contributed by atoms with Gasteiger partial charge in [0.25, 0.3) is 0 Å². The Balaban J connectivity index is 0.000000285. The van der Waals surface area contributed by atoms with E-state index in [1.165, 1.54) is 72.8 Å². The van der Waals surface area contributed by atoms with Crippen LogP contribution in [-0.4, -0.2) is 77.8 Å². The van der Waals surface area contributed by atoms with Crippen molar-refractivity contribution in [3.63, 3.8) is 0 Å². The van der Waals surface area contributed by atoms with E-state index in [1.807, 2.05) is 0 Å². The maximum Gasteiger partial charge on any atom is 3.00 e. The molecule has 26 heteroatoms. The van der Waals surface area contributed by atoms with E-state index in [2.05, 4.69) is 0 Å². The van der Waals surface area contributed by atoms with Crippen LogP contribution in [0.15, 0.2) is 139 Å². The number of hydrogen-bond acceptors (Lipinski definition) is 18. The van der Waals surface area contributed by atoms with Crippen LogP contribution in [0.3, 0.4) is 0 Å². The zero-order valence-electron chi connectivity index (χ0n) is 27.2. The molecule has 6 aromatic carbocycles. The van der Waals surface area contributed by atoms with Gasteiger partial charge in [-0.2, -0.15) is 0 Å². The summed E-state index contributed by atoms with van der Waals surface area (Å²) in [5, 5.41) is 0.844. The fourth-order valence-electron chi connectivity index (χ4n) is 5.03. The second-order valence-electron chi connectivity index (χ2n) is 10.6. The van der Waals surface area contributed by atoms with Crippen molar-refractivity contribution >= 4 is 93.0 Å². The van der Waals surface area contributed by atoms with Crippen molar-refractivity contribution in [3.8, 4) is 0 Å². The molecular formula is C30H18Nd2O18S6. The third kappa shape index (κ3) is 12.2. The summed E-state index contributed by atoms with van der Waals surface area (Å²) in [6, 6.07) is 23.7. The minimum Gasteiger partial charge on any atom is -0.744 e. The summed E-state index contributed by atoms with van der Waals surface area (Å²) < 4.78 is 199. The topological polar surface area (TPSA) is 343 Å². The van der Waals surface area contributed by atoms with Gasteiger partial charge in [0.05, 0.1) is 29.4 Å². The van der Waals surface area contributed by atoms with Crippen LogP contribution in [0, 0.1) is 81.7 Å². The molecule has 6 aromatic rings. The third-order valence-corrected chi connectivity index (χ3v) is 12.9. The quantitative estimate of drug-likeness (QED) is 0.215. The second-order valence-corrected chi connectivity index (χ2v) is 18.6. The van der Waals surface area contributed by atoms with Crippen LogP contribution in [0.5, 0.6) is 0 Å². The normalized spacial score (nSPS) is 12.3. The average Bonchev–Trinajstić information content (AvgIpc) is 3.04. The Bertz CT molecular complexity index is 2810. The molecule has 2 radical (unpaired) electrons. The molecule has 18 nitrogen and oxygen atoms in total. The van der Waals surface area contributed by atoms with Crippen molar-refractivity contribution in [2.75, 3.05) is 0 Å². The first-order valence-corrected chi connectivity index (χ1v) is 22.4. The Labute approximate surface area is 385 Å². The average molecular weight is 1150 g/mol. The Morgan fingerprint density at radius 3 is 0.643 bits per heavy atom. The van der Waals surface area contributed by atoms with Crippen LogP contribution in [0.2, 0.25) is 0 Å². The van der Waals surface area contributed by atoms with E-state index in [1.54, 1.807) is 18.2 Å². The van der Waals surface area contributed by atoms with Crippen LogP contribution in [0.25, 0.3) is 32.3 Å². The zero-order chi connectivity index (χ0) is 40.7. The molecule has 0 saturated carbocycles. The minimum absolute atomic E-state index is 0. The van der Waals surface area contributed by atoms with E-state index in [4.69, 9.17) is 0 Å². The molecular weight excluding hydrogens is 1130 g/mol. The smallest absolute Gasteiger partial charge is 0.744 e. The number of fused-ring (bicyclic) bond motifs is 3. The molecule has 0 bridgehead atoms. The summed E-state index contributed by atoms with van der Waals surface area (Å²) in [4.78, 5) is -6.02. The van der Waals surface area contributed by atoms with Crippen LogP contribution >= 0.6 is 0 Å². The van der Waals surface area contributed by atoms with Crippen LogP contribution < -0.4 is 0 Å². The largest absolute Gasteiger partial charge is 3.00 e. The van der Waals surface area contributed by atoms with E-state index in [0.29, 0.717) is 16.2 Å². The van der Waals surface area contributed by atoms with Crippen LogP contribution in [-0.2, 0) is 60.7 Å². The first-order chi connectivity index (χ1) is 24.6. The Morgan fingerprint density at radius 2 is 0.464 bits per heavy atom. The van der Waals surface area contributed by atoms with Gasteiger partial charge in [0, 0.05) is 16.2 Å². The molecule has 0 heterocycles. The molecule has 0 aliphatic heterocycles. The van der Waals surface area contributed by atoms with Gasteiger partial charge in [-0.15, -0.1) is 0 Å². The molecule has 0 N–H and O–H groups in total. The SMILES string of the molecule is O=S(=O)([O-])c1ccc2ccccc2c1S(=O)(=O)[O-].O=S(=O)([O-])c1ccc2ccccc2c1S(=O)(=O)[O-].O=S(=O)([O-])c1ccc2ccccc2c1S(=O)(=O)[O-].[Nd+3].[Nd+3]. The number of benzene rings is 6. The third-order valence-electron chi connectivity index (χ3n) is 7.09. The fourth-order valence-corrected chi connectivity index (χ4v) is 10.9. The van der Waals surface area contributed by atoms with Crippen molar-refractivity contribution in [2.24, 2.45) is 0 Å². The number of hydrogen-bond donors (Lipinski definition) is 0. The molecule has 56 heavy (non-hydrogen) atoms. The molecule has 6 rings (SSSR count). The Hall–Kier alpha value is -1.74. The molecule has 0 atom stereocenters. The van der Waals surface area contributed by atoms with Gasteiger partial charge in [0.2, 0.25) is 0 Å². The van der Waals surface area contributed by atoms with Gasteiger partial charge in [-0.3, -0.25) is 0 Å². The van der Waals surface area contributed by atoms with Gasteiger partial charge in [-0.25, -0.2) is 50.5 Å². The van der Waals surface area contributed by atoms with Crippen molar-refractivity contribution in [1.29, 1.82) is 0 Å².